The Kier molecular flexibility index (Phi) is 4.69. The molecule has 0 aliphatic heterocycles. The van der Waals surface area contributed by atoms with Crippen LogP contribution in [0.2, 0.25) is 0 Å². The van der Waals surface area contributed by atoms with Gasteiger partial charge in [-0.05, 0) is 46.9 Å². The summed E-state index contributed by atoms with van der Waals surface area (Å²) in [6.45, 7) is 0. The number of amides is 1. The fourth-order valence-corrected chi connectivity index (χ4v) is 1.59. The lowest BCUT2D eigenvalue weighted by Gasteiger charge is -2.22. The fourth-order valence-electron chi connectivity index (χ4n) is 1.23. The largest absolute Gasteiger partial charge is 0.409 e. The Bertz CT molecular complexity index is 439. The van der Waals surface area contributed by atoms with Crippen molar-refractivity contribution in [3.05, 3.63) is 27.8 Å². The third-order valence-corrected chi connectivity index (χ3v) is 2.75. The van der Waals surface area contributed by atoms with E-state index >= 15 is 0 Å². The van der Waals surface area contributed by atoms with Gasteiger partial charge in [-0.1, -0.05) is 0 Å². The van der Waals surface area contributed by atoms with E-state index in [9.17, 15) is 31.1 Å². The van der Waals surface area contributed by atoms with Crippen LogP contribution in [0.4, 0.5) is 32.0 Å². The number of nitrogens with one attached hydrogen (secondary N) is 1. The van der Waals surface area contributed by atoms with E-state index in [4.69, 9.17) is 0 Å². The van der Waals surface area contributed by atoms with Crippen molar-refractivity contribution in [2.24, 2.45) is 5.92 Å². The molecule has 1 aromatic carbocycles. The summed E-state index contributed by atoms with van der Waals surface area (Å²) in [5, 5.41) is 1.60. The number of halogens is 7. The predicted molar refractivity (Wildman–Crippen MR) is 63.4 cm³/mol. The monoisotopic (exact) mass is 397 g/mol. The lowest BCUT2D eigenvalue weighted by atomic mass is 10.1. The first-order valence-electron chi connectivity index (χ1n) is 4.71. The average Bonchev–Trinajstić information content (AvgIpc) is 2.16. The van der Waals surface area contributed by atoms with Crippen molar-refractivity contribution in [3.8, 4) is 0 Å². The Morgan fingerprint density at radius 3 is 1.79 bits per heavy atom. The number of hydrogen-bond donors (Lipinski definition) is 1. The highest BCUT2D eigenvalue weighted by molar-refractivity contribution is 14.1. The van der Waals surface area contributed by atoms with Crippen LogP contribution in [0, 0.1) is 9.49 Å². The first kappa shape index (κ1) is 16.1. The molecule has 19 heavy (non-hydrogen) atoms. The van der Waals surface area contributed by atoms with Crippen LogP contribution in [0.15, 0.2) is 24.3 Å². The van der Waals surface area contributed by atoms with E-state index in [0.29, 0.717) is 0 Å². The number of alkyl halides is 6. The van der Waals surface area contributed by atoms with Crippen molar-refractivity contribution >= 4 is 34.2 Å². The van der Waals surface area contributed by atoms with Crippen LogP contribution in [0.3, 0.4) is 0 Å². The maximum absolute atomic E-state index is 12.3. The predicted octanol–water partition coefficient (Wildman–Crippen LogP) is 3.97. The number of benzene rings is 1. The second-order valence-electron chi connectivity index (χ2n) is 3.51. The number of anilines is 1. The summed E-state index contributed by atoms with van der Waals surface area (Å²) in [6, 6.07) is 5.30. The van der Waals surface area contributed by atoms with E-state index in [1.807, 2.05) is 22.6 Å². The van der Waals surface area contributed by atoms with Gasteiger partial charge in [0.2, 0.25) is 11.8 Å². The third-order valence-electron chi connectivity index (χ3n) is 2.03. The van der Waals surface area contributed by atoms with Crippen LogP contribution in [0.5, 0.6) is 0 Å². The van der Waals surface area contributed by atoms with Gasteiger partial charge in [0, 0.05) is 9.26 Å². The molecule has 9 heteroatoms. The zero-order valence-electron chi connectivity index (χ0n) is 8.94. The highest BCUT2D eigenvalue weighted by atomic mass is 127. The molecule has 0 heterocycles. The molecule has 1 aromatic rings. The third kappa shape index (κ3) is 4.55. The number of hydrogen-bond acceptors (Lipinski definition) is 1. The zero-order chi connectivity index (χ0) is 14.8. The molecule has 0 spiro atoms. The molecular weight excluding hydrogens is 391 g/mol. The van der Waals surface area contributed by atoms with E-state index < -0.39 is 24.2 Å². The summed E-state index contributed by atoms with van der Waals surface area (Å²) in [4.78, 5) is 11.1. The van der Waals surface area contributed by atoms with Crippen molar-refractivity contribution in [1.82, 2.24) is 0 Å². The number of carbonyl (C=O) groups is 1. The van der Waals surface area contributed by atoms with Crippen molar-refractivity contribution in [2.75, 3.05) is 5.32 Å². The SMILES string of the molecule is O=C(Nc1ccc(I)cc1)C(C(F)(F)F)C(F)(F)F. The van der Waals surface area contributed by atoms with Gasteiger partial charge >= 0.3 is 12.4 Å². The van der Waals surface area contributed by atoms with E-state index in [-0.39, 0.29) is 5.69 Å². The minimum absolute atomic E-state index is 0.135. The van der Waals surface area contributed by atoms with Gasteiger partial charge in [0.15, 0.2) is 0 Å². The van der Waals surface area contributed by atoms with Crippen LogP contribution in [-0.4, -0.2) is 18.3 Å². The van der Waals surface area contributed by atoms with Crippen LogP contribution < -0.4 is 5.32 Å². The molecule has 0 aliphatic rings. The Morgan fingerprint density at radius 2 is 1.42 bits per heavy atom. The Balaban J connectivity index is 2.93. The Morgan fingerprint density at radius 1 is 1.00 bits per heavy atom. The molecule has 1 N–H and O–H groups in total. The first-order chi connectivity index (χ1) is 8.51. The Labute approximate surface area is 117 Å². The second-order valence-corrected chi connectivity index (χ2v) is 4.76. The van der Waals surface area contributed by atoms with Gasteiger partial charge < -0.3 is 5.32 Å². The van der Waals surface area contributed by atoms with Gasteiger partial charge in [0.05, 0.1) is 0 Å². The van der Waals surface area contributed by atoms with Gasteiger partial charge in [-0.25, -0.2) is 0 Å². The smallest absolute Gasteiger partial charge is 0.325 e. The molecule has 0 atom stereocenters. The van der Waals surface area contributed by atoms with Crippen LogP contribution >= 0.6 is 22.6 Å². The molecular formula is C10H6F6INO. The van der Waals surface area contributed by atoms with Gasteiger partial charge in [-0.15, -0.1) is 0 Å². The standard InChI is InChI=1S/C10H6F6INO/c11-9(12,13)7(10(14,15)16)8(19)18-6-3-1-5(17)2-4-6/h1-4,7H,(H,18,19). The van der Waals surface area contributed by atoms with Gasteiger partial charge in [0.1, 0.15) is 0 Å². The van der Waals surface area contributed by atoms with Crippen molar-refractivity contribution in [3.63, 3.8) is 0 Å². The summed E-state index contributed by atoms with van der Waals surface area (Å²) in [7, 11) is 0. The number of carbonyl (C=O) groups excluding carboxylic acids is 1. The lowest BCUT2D eigenvalue weighted by molar-refractivity contribution is -0.272. The highest BCUT2D eigenvalue weighted by Crippen LogP contribution is 2.39. The fraction of sp³-hybridized carbons (Fsp3) is 0.300. The molecule has 0 aliphatic carbocycles. The molecule has 1 amide bonds. The molecule has 0 aromatic heterocycles. The van der Waals surface area contributed by atoms with E-state index in [2.05, 4.69) is 0 Å². The zero-order valence-corrected chi connectivity index (χ0v) is 11.1. The van der Waals surface area contributed by atoms with E-state index in [1.165, 1.54) is 24.3 Å². The van der Waals surface area contributed by atoms with Gasteiger partial charge in [-0.2, -0.15) is 26.3 Å². The quantitative estimate of drug-likeness (QED) is 0.594. The highest BCUT2D eigenvalue weighted by Gasteiger charge is 2.61. The normalized spacial score (nSPS) is 12.6. The van der Waals surface area contributed by atoms with E-state index in [0.717, 1.165) is 3.57 Å². The molecule has 0 saturated carbocycles. The van der Waals surface area contributed by atoms with Crippen LogP contribution in [0.1, 0.15) is 0 Å². The van der Waals surface area contributed by atoms with Crippen LogP contribution in [-0.2, 0) is 4.79 Å². The molecule has 0 fully saturated rings. The average molecular weight is 397 g/mol. The maximum atomic E-state index is 12.3. The Hall–Kier alpha value is -1.00. The number of rotatable bonds is 2. The summed E-state index contributed by atoms with van der Waals surface area (Å²) in [5.41, 5.74) is -0.135. The minimum Gasteiger partial charge on any atom is -0.325 e. The summed E-state index contributed by atoms with van der Waals surface area (Å²) in [6.07, 6.45) is -11.4. The molecule has 1 rings (SSSR count). The topological polar surface area (TPSA) is 29.1 Å². The maximum Gasteiger partial charge on any atom is 0.409 e. The molecule has 2 nitrogen and oxygen atoms in total. The second kappa shape index (κ2) is 5.55. The van der Waals surface area contributed by atoms with Crippen LogP contribution in [0.25, 0.3) is 0 Å². The lowest BCUT2D eigenvalue weighted by Crippen LogP contribution is -2.45. The van der Waals surface area contributed by atoms with Crippen molar-refractivity contribution in [2.45, 2.75) is 12.4 Å². The minimum atomic E-state index is -5.69. The van der Waals surface area contributed by atoms with Gasteiger partial charge in [0.25, 0.3) is 0 Å². The first-order valence-corrected chi connectivity index (χ1v) is 5.79. The van der Waals surface area contributed by atoms with Gasteiger partial charge in [-0.3, -0.25) is 4.79 Å². The summed E-state index contributed by atoms with van der Waals surface area (Å²) in [5.74, 6) is -6.19. The van der Waals surface area contributed by atoms with Crippen molar-refractivity contribution in [1.29, 1.82) is 0 Å². The molecule has 0 bridgehead atoms. The molecule has 0 saturated heterocycles. The van der Waals surface area contributed by atoms with Crippen molar-refractivity contribution < 1.29 is 31.1 Å². The van der Waals surface area contributed by atoms with E-state index in [1.54, 1.807) is 5.32 Å². The summed E-state index contributed by atoms with van der Waals surface area (Å²) >= 11 is 1.90. The molecule has 0 radical (unpaired) electrons. The summed E-state index contributed by atoms with van der Waals surface area (Å²) < 4.78 is 74.2. The molecule has 0 unspecified atom stereocenters. The molecule has 106 valence electrons.